The van der Waals surface area contributed by atoms with Gasteiger partial charge in [-0.2, -0.15) is 0 Å². The SMILES string of the molecule is O=C[C@]1(CO)OC[C@H](O)[C@@H](O)[C@H]1O. The van der Waals surface area contributed by atoms with Crippen molar-refractivity contribution in [1.29, 1.82) is 0 Å². The van der Waals surface area contributed by atoms with Gasteiger partial charge in [0.25, 0.3) is 0 Å². The second-order valence-corrected chi connectivity index (χ2v) is 3.04. The third-order valence-electron chi connectivity index (χ3n) is 2.19. The van der Waals surface area contributed by atoms with Crippen LogP contribution in [-0.4, -0.2) is 63.8 Å². The topological polar surface area (TPSA) is 107 Å². The zero-order chi connectivity index (χ0) is 10.1. The van der Waals surface area contributed by atoms with E-state index < -0.39 is 30.5 Å². The molecule has 1 saturated heterocycles. The van der Waals surface area contributed by atoms with Crippen LogP contribution >= 0.6 is 0 Å². The fraction of sp³-hybridized carbons (Fsp3) is 0.857. The summed E-state index contributed by atoms with van der Waals surface area (Å²) >= 11 is 0. The number of aliphatic hydroxyl groups is 4. The molecule has 0 unspecified atom stereocenters. The highest BCUT2D eigenvalue weighted by atomic mass is 16.5. The van der Waals surface area contributed by atoms with Gasteiger partial charge in [0.15, 0.2) is 11.9 Å². The molecule has 1 fully saturated rings. The highest BCUT2D eigenvalue weighted by molar-refractivity contribution is 5.64. The van der Waals surface area contributed by atoms with E-state index in [-0.39, 0.29) is 12.9 Å². The number of aliphatic hydroxyl groups excluding tert-OH is 4. The predicted molar refractivity (Wildman–Crippen MR) is 39.9 cm³/mol. The smallest absolute Gasteiger partial charge is 0.174 e. The maximum absolute atomic E-state index is 10.5. The number of aldehydes is 1. The summed E-state index contributed by atoms with van der Waals surface area (Å²) < 4.78 is 4.78. The second kappa shape index (κ2) is 3.69. The van der Waals surface area contributed by atoms with Crippen LogP contribution in [-0.2, 0) is 9.53 Å². The zero-order valence-electron chi connectivity index (χ0n) is 6.83. The van der Waals surface area contributed by atoms with Crippen molar-refractivity contribution in [2.24, 2.45) is 0 Å². The molecular weight excluding hydrogens is 180 g/mol. The largest absolute Gasteiger partial charge is 0.393 e. The lowest BCUT2D eigenvalue weighted by Crippen LogP contribution is -2.63. The van der Waals surface area contributed by atoms with Crippen LogP contribution in [0.25, 0.3) is 0 Å². The van der Waals surface area contributed by atoms with Gasteiger partial charge in [-0.1, -0.05) is 0 Å². The van der Waals surface area contributed by atoms with Crippen molar-refractivity contribution in [3.05, 3.63) is 0 Å². The monoisotopic (exact) mass is 192 g/mol. The molecule has 0 bridgehead atoms. The van der Waals surface area contributed by atoms with Crippen LogP contribution < -0.4 is 0 Å². The van der Waals surface area contributed by atoms with Crippen LogP contribution in [0.3, 0.4) is 0 Å². The summed E-state index contributed by atoms with van der Waals surface area (Å²) in [6.45, 7) is -1.03. The van der Waals surface area contributed by atoms with Crippen molar-refractivity contribution < 1.29 is 30.0 Å². The molecule has 0 amide bonds. The number of carbonyl (C=O) groups excluding carboxylic acids is 1. The van der Waals surface area contributed by atoms with Crippen LogP contribution in [0.4, 0.5) is 0 Å². The fourth-order valence-corrected chi connectivity index (χ4v) is 1.20. The van der Waals surface area contributed by atoms with E-state index in [0.29, 0.717) is 0 Å². The first-order valence-corrected chi connectivity index (χ1v) is 3.83. The number of hydrogen-bond donors (Lipinski definition) is 4. The zero-order valence-corrected chi connectivity index (χ0v) is 6.83. The molecule has 76 valence electrons. The lowest BCUT2D eigenvalue weighted by Gasteiger charge is -2.40. The first-order chi connectivity index (χ1) is 6.07. The Labute approximate surface area is 74.4 Å². The van der Waals surface area contributed by atoms with E-state index in [9.17, 15) is 15.0 Å². The van der Waals surface area contributed by atoms with Gasteiger partial charge in [0.1, 0.15) is 18.3 Å². The van der Waals surface area contributed by atoms with E-state index in [1.165, 1.54) is 0 Å². The van der Waals surface area contributed by atoms with E-state index in [1.54, 1.807) is 0 Å². The molecule has 6 heteroatoms. The molecule has 0 radical (unpaired) electrons. The Balaban J connectivity index is 2.83. The first-order valence-electron chi connectivity index (χ1n) is 3.83. The number of carbonyl (C=O) groups is 1. The van der Waals surface area contributed by atoms with Crippen LogP contribution in [0.2, 0.25) is 0 Å². The van der Waals surface area contributed by atoms with Crippen molar-refractivity contribution in [3.63, 3.8) is 0 Å². The highest BCUT2D eigenvalue weighted by Crippen LogP contribution is 2.23. The molecule has 0 aromatic heterocycles. The summed E-state index contributed by atoms with van der Waals surface area (Å²) in [5.74, 6) is 0. The minimum absolute atomic E-state index is 0.229. The number of ether oxygens (including phenoxy) is 1. The maximum Gasteiger partial charge on any atom is 0.174 e. The third-order valence-corrected chi connectivity index (χ3v) is 2.19. The van der Waals surface area contributed by atoms with Crippen LogP contribution in [0.1, 0.15) is 0 Å². The summed E-state index contributed by atoms with van der Waals surface area (Å²) in [5.41, 5.74) is -1.81. The Morgan fingerprint density at radius 1 is 1.46 bits per heavy atom. The Morgan fingerprint density at radius 3 is 2.54 bits per heavy atom. The number of rotatable bonds is 2. The van der Waals surface area contributed by atoms with Crippen molar-refractivity contribution in [3.8, 4) is 0 Å². The standard InChI is InChI=1S/C7H12O6/c8-2-7(3-9)6(12)5(11)4(10)1-13-7/h2,4-6,9-12H,1,3H2/t4-,5+,6+,7+/m0/s1. The fourth-order valence-electron chi connectivity index (χ4n) is 1.20. The molecule has 0 saturated carbocycles. The van der Waals surface area contributed by atoms with E-state index in [4.69, 9.17) is 14.9 Å². The quantitative estimate of drug-likeness (QED) is 0.348. The summed E-state index contributed by atoms with van der Waals surface area (Å²) in [6, 6.07) is 0. The summed E-state index contributed by atoms with van der Waals surface area (Å²) in [7, 11) is 0. The number of hydrogen-bond acceptors (Lipinski definition) is 6. The molecule has 1 rings (SSSR count). The highest BCUT2D eigenvalue weighted by Gasteiger charge is 2.49. The van der Waals surface area contributed by atoms with E-state index in [1.807, 2.05) is 0 Å². The minimum atomic E-state index is -1.81. The van der Waals surface area contributed by atoms with Crippen LogP contribution in [0.15, 0.2) is 0 Å². The van der Waals surface area contributed by atoms with Gasteiger partial charge in [0, 0.05) is 0 Å². The molecule has 13 heavy (non-hydrogen) atoms. The van der Waals surface area contributed by atoms with Gasteiger partial charge in [-0.3, -0.25) is 4.79 Å². The molecule has 0 aliphatic carbocycles. The van der Waals surface area contributed by atoms with Gasteiger partial charge in [-0.05, 0) is 0 Å². The predicted octanol–water partition coefficient (Wildman–Crippen LogP) is -2.97. The minimum Gasteiger partial charge on any atom is -0.393 e. The molecule has 6 nitrogen and oxygen atoms in total. The molecular formula is C7H12O6. The third kappa shape index (κ3) is 1.59. The van der Waals surface area contributed by atoms with Crippen molar-refractivity contribution >= 4 is 6.29 Å². The normalized spacial score (nSPS) is 46.0. The van der Waals surface area contributed by atoms with Gasteiger partial charge in [0.05, 0.1) is 13.2 Å². The first kappa shape index (κ1) is 10.6. The molecule has 1 aliphatic heterocycles. The molecule has 1 aliphatic rings. The van der Waals surface area contributed by atoms with Crippen molar-refractivity contribution in [1.82, 2.24) is 0 Å². The molecule has 0 spiro atoms. The van der Waals surface area contributed by atoms with Gasteiger partial charge < -0.3 is 25.2 Å². The van der Waals surface area contributed by atoms with Gasteiger partial charge in [-0.15, -0.1) is 0 Å². The second-order valence-electron chi connectivity index (χ2n) is 3.04. The van der Waals surface area contributed by atoms with Crippen molar-refractivity contribution in [2.75, 3.05) is 13.2 Å². The van der Waals surface area contributed by atoms with Gasteiger partial charge >= 0.3 is 0 Å². The van der Waals surface area contributed by atoms with Crippen LogP contribution in [0, 0.1) is 0 Å². The summed E-state index contributed by atoms with van der Waals surface area (Å²) in [6.07, 6.45) is -4.10. The average Bonchev–Trinajstić information content (AvgIpc) is 2.16. The summed E-state index contributed by atoms with van der Waals surface area (Å²) in [4.78, 5) is 10.5. The van der Waals surface area contributed by atoms with Crippen LogP contribution in [0.5, 0.6) is 0 Å². The molecule has 0 aromatic rings. The Bertz CT molecular complexity index is 195. The van der Waals surface area contributed by atoms with Gasteiger partial charge in [0.2, 0.25) is 0 Å². The Hall–Kier alpha value is -0.530. The lowest BCUT2D eigenvalue weighted by atomic mass is 9.89. The molecule has 1 heterocycles. The Kier molecular flexibility index (Phi) is 2.99. The van der Waals surface area contributed by atoms with E-state index in [2.05, 4.69) is 0 Å². The van der Waals surface area contributed by atoms with E-state index >= 15 is 0 Å². The maximum atomic E-state index is 10.5. The van der Waals surface area contributed by atoms with E-state index in [0.717, 1.165) is 0 Å². The Morgan fingerprint density at radius 2 is 2.08 bits per heavy atom. The molecule has 0 aromatic carbocycles. The van der Waals surface area contributed by atoms with Crippen molar-refractivity contribution in [2.45, 2.75) is 23.9 Å². The summed E-state index contributed by atoms with van der Waals surface area (Å²) in [5, 5.41) is 36.4. The molecule has 4 N–H and O–H groups in total. The lowest BCUT2D eigenvalue weighted by molar-refractivity contribution is -0.233. The average molecular weight is 192 g/mol. The van der Waals surface area contributed by atoms with Gasteiger partial charge in [-0.25, -0.2) is 0 Å². The molecule has 4 atom stereocenters.